The molecule has 5 heteroatoms. The first-order chi connectivity index (χ1) is 7.00. The molecule has 1 aromatic heterocycles. The third-order valence-corrected chi connectivity index (χ3v) is 3.30. The Morgan fingerprint density at radius 2 is 2.33 bits per heavy atom. The number of hydrogen-bond acceptors (Lipinski definition) is 4. The predicted molar refractivity (Wildman–Crippen MR) is 60.1 cm³/mol. The molecule has 0 saturated carbocycles. The van der Waals surface area contributed by atoms with Crippen molar-refractivity contribution in [3.05, 3.63) is 16.1 Å². The number of nitrogens with zero attached hydrogens (tertiary/aromatic N) is 1. The van der Waals surface area contributed by atoms with Gasteiger partial charge in [-0.2, -0.15) is 0 Å². The summed E-state index contributed by atoms with van der Waals surface area (Å²) in [6.07, 6.45) is 0. The SMILES string of the molecule is Cc1csc(C(C)NCC(C)C(=O)O)n1. The fourth-order valence-electron chi connectivity index (χ4n) is 1.10. The second-order valence-corrected chi connectivity index (χ2v) is 4.59. The van der Waals surface area contributed by atoms with Gasteiger partial charge >= 0.3 is 5.97 Å². The van der Waals surface area contributed by atoms with Crippen LogP contribution in [0.15, 0.2) is 5.38 Å². The molecule has 4 nitrogen and oxygen atoms in total. The molecule has 0 aliphatic carbocycles. The average Bonchev–Trinajstić information content (AvgIpc) is 2.60. The van der Waals surface area contributed by atoms with E-state index in [0.717, 1.165) is 10.7 Å². The molecule has 0 bridgehead atoms. The number of aliphatic carboxylic acids is 1. The van der Waals surface area contributed by atoms with Gasteiger partial charge in [-0.1, -0.05) is 6.92 Å². The normalized spacial score (nSPS) is 14.9. The summed E-state index contributed by atoms with van der Waals surface area (Å²) in [5.41, 5.74) is 1.01. The number of carboxylic acids is 1. The van der Waals surface area contributed by atoms with E-state index in [-0.39, 0.29) is 12.0 Å². The lowest BCUT2D eigenvalue weighted by atomic mass is 10.2. The highest BCUT2D eigenvalue weighted by Gasteiger charge is 2.14. The Hall–Kier alpha value is -0.940. The van der Waals surface area contributed by atoms with Crippen LogP contribution >= 0.6 is 11.3 Å². The lowest BCUT2D eigenvalue weighted by molar-refractivity contribution is -0.140. The number of thiazole rings is 1. The molecule has 0 radical (unpaired) electrons. The van der Waals surface area contributed by atoms with E-state index in [9.17, 15) is 4.79 Å². The maximum atomic E-state index is 10.6. The average molecular weight is 228 g/mol. The van der Waals surface area contributed by atoms with E-state index < -0.39 is 5.97 Å². The van der Waals surface area contributed by atoms with Gasteiger partial charge in [-0.15, -0.1) is 11.3 Å². The maximum absolute atomic E-state index is 10.6. The lowest BCUT2D eigenvalue weighted by Gasteiger charge is -2.13. The zero-order valence-electron chi connectivity index (χ0n) is 9.15. The van der Waals surface area contributed by atoms with E-state index in [0.29, 0.717) is 6.54 Å². The van der Waals surface area contributed by atoms with Crippen molar-refractivity contribution in [1.82, 2.24) is 10.3 Å². The zero-order valence-corrected chi connectivity index (χ0v) is 9.97. The Balaban J connectivity index is 2.43. The molecule has 2 unspecified atom stereocenters. The minimum atomic E-state index is -0.773. The van der Waals surface area contributed by atoms with Crippen LogP contribution in [0, 0.1) is 12.8 Å². The topological polar surface area (TPSA) is 62.2 Å². The molecule has 0 amide bonds. The van der Waals surface area contributed by atoms with E-state index in [4.69, 9.17) is 5.11 Å². The molecule has 0 saturated heterocycles. The van der Waals surface area contributed by atoms with E-state index in [1.807, 2.05) is 19.2 Å². The first-order valence-corrected chi connectivity index (χ1v) is 5.77. The van der Waals surface area contributed by atoms with Crippen molar-refractivity contribution in [2.75, 3.05) is 6.54 Å². The van der Waals surface area contributed by atoms with Gasteiger partial charge in [-0.25, -0.2) is 4.98 Å². The van der Waals surface area contributed by atoms with Gasteiger partial charge in [0.05, 0.1) is 12.0 Å². The number of nitrogens with one attached hydrogen (secondary N) is 1. The molecule has 84 valence electrons. The molecule has 1 rings (SSSR count). The first kappa shape index (κ1) is 12.1. The predicted octanol–water partition coefficient (Wildman–Crippen LogP) is 1.82. The van der Waals surface area contributed by atoms with Gasteiger partial charge in [-0.05, 0) is 13.8 Å². The number of rotatable bonds is 5. The van der Waals surface area contributed by atoms with Crippen molar-refractivity contribution in [2.24, 2.45) is 5.92 Å². The van der Waals surface area contributed by atoms with Crippen molar-refractivity contribution in [3.63, 3.8) is 0 Å². The van der Waals surface area contributed by atoms with Gasteiger partial charge in [0.1, 0.15) is 5.01 Å². The summed E-state index contributed by atoms with van der Waals surface area (Å²) in [6.45, 7) is 6.10. The third-order valence-electron chi connectivity index (χ3n) is 2.16. The van der Waals surface area contributed by atoms with E-state index >= 15 is 0 Å². The van der Waals surface area contributed by atoms with E-state index in [1.165, 1.54) is 0 Å². The second kappa shape index (κ2) is 5.23. The highest BCUT2D eigenvalue weighted by Crippen LogP contribution is 2.17. The summed E-state index contributed by atoms with van der Waals surface area (Å²) in [5, 5.41) is 14.9. The number of carbonyl (C=O) groups is 1. The van der Waals surface area contributed by atoms with Crippen LogP contribution < -0.4 is 5.32 Å². The highest BCUT2D eigenvalue weighted by atomic mass is 32.1. The molecule has 0 aliphatic rings. The number of hydrogen-bond donors (Lipinski definition) is 2. The summed E-state index contributed by atoms with van der Waals surface area (Å²) in [7, 11) is 0. The van der Waals surface area contributed by atoms with E-state index in [1.54, 1.807) is 18.3 Å². The van der Waals surface area contributed by atoms with Crippen LogP contribution in [0.2, 0.25) is 0 Å². The third kappa shape index (κ3) is 3.60. The molecule has 0 spiro atoms. The van der Waals surface area contributed by atoms with Crippen LogP contribution in [0.4, 0.5) is 0 Å². The van der Waals surface area contributed by atoms with Gasteiger partial charge in [0, 0.05) is 17.6 Å². The van der Waals surface area contributed by atoms with Crippen LogP contribution in [0.1, 0.15) is 30.6 Å². The molecule has 1 heterocycles. The molecule has 1 aromatic rings. The Morgan fingerprint density at radius 1 is 1.67 bits per heavy atom. The molecule has 0 fully saturated rings. The minimum Gasteiger partial charge on any atom is -0.481 e. The van der Waals surface area contributed by atoms with Crippen molar-refractivity contribution in [1.29, 1.82) is 0 Å². The molecule has 0 aromatic carbocycles. The van der Waals surface area contributed by atoms with Gasteiger partial charge in [0.15, 0.2) is 0 Å². The van der Waals surface area contributed by atoms with Crippen LogP contribution in [0.3, 0.4) is 0 Å². The van der Waals surface area contributed by atoms with Crippen molar-refractivity contribution >= 4 is 17.3 Å². The summed E-state index contributed by atoms with van der Waals surface area (Å²) in [4.78, 5) is 14.9. The van der Waals surface area contributed by atoms with Gasteiger partial charge in [-0.3, -0.25) is 4.79 Å². The number of carboxylic acid groups (broad SMARTS) is 1. The largest absolute Gasteiger partial charge is 0.481 e. The van der Waals surface area contributed by atoms with Gasteiger partial charge < -0.3 is 10.4 Å². The standard InChI is InChI=1S/C10H16N2O2S/c1-6(10(13)14)4-11-8(3)9-12-7(2)5-15-9/h5-6,8,11H,4H2,1-3H3,(H,13,14). The van der Waals surface area contributed by atoms with Gasteiger partial charge in [0.25, 0.3) is 0 Å². The van der Waals surface area contributed by atoms with Crippen molar-refractivity contribution in [2.45, 2.75) is 26.8 Å². The van der Waals surface area contributed by atoms with Crippen molar-refractivity contribution in [3.8, 4) is 0 Å². The minimum absolute atomic E-state index is 0.116. The fourth-order valence-corrected chi connectivity index (χ4v) is 1.93. The summed E-state index contributed by atoms with van der Waals surface area (Å²) in [6, 6.07) is 0.116. The monoisotopic (exact) mass is 228 g/mol. The molecular formula is C10H16N2O2S. The molecule has 15 heavy (non-hydrogen) atoms. The van der Waals surface area contributed by atoms with Crippen LogP contribution in [-0.4, -0.2) is 22.6 Å². The second-order valence-electron chi connectivity index (χ2n) is 3.70. The molecular weight excluding hydrogens is 212 g/mol. The van der Waals surface area contributed by atoms with Crippen LogP contribution in [0.25, 0.3) is 0 Å². The summed E-state index contributed by atoms with van der Waals surface area (Å²) < 4.78 is 0. The number of aromatic nitrogens is 1. The van der Waals surface area contributed by atoms with Crippen LogP contribution in [0.5, 0.6) is 0 Å². The zero-order chi connectivity index (χ0) is 11.4. The smallest absolute Gasteiger partial charge is 0.307 e. The van der Waals surface area contributed by atoms with Gasteiger partial charge in [0.2, 0.25) is 0 Å². The summed E-state index contributed by atoms with van der Waals surface area (Å²) >= 11 is 1.60. The Morgan fingerprint density at radius 3 is 2.80 bits per heavy atom. The maximum Gasteiger partial charge on any atom is 0.307 e. The van der Waals surface area contributed by atoms with Crippen LogP contribution in [-0.2, 0) is 4.79 Å². The molecule has 2 N–H and O–H groups in total. The molecule has 0 aliphatic heterocycles. The Kier molecular flexibility index (Phi) is 4.23. The fraction of sp³-hybridized carbons (Fsp3) is 0.600. The number of aryl methyl sites for hydroxylation is 1. The lowest BCUT2D eigenvalue weighted by Crippen LogP contribution is -2.28. The van der Waals surface area contributed by atoms with E-state index in [2.05, 4.69) is 10.3 Å². The van der Waals surface area contributed by atoms with Crippen molar-refractivity contribution < 1.29 is 9.90 Å². The first-order valence-electron chi connectivity index (χ1n) is 4.89. The molecule has 2 atom stereocenters. The highest BCUT2D eigenvalue weighted by molar-refractivity contribution is 7.09. The summed E-state index contributed by atoms with van der Waals surface area (Å²) in [5.74, 6) is -1.14. The quantitative estimate of drug-likeness (QED) is 0.807. The Bertz CT molecular complexity index is 338. The Labute approximate surface area is 93.4 Å².